The largest absolute Gasteiger partial charge is 0.491 e. The van der Waals surface area contributed by atoms with Crippen LogP contribution in [0.1, 0.15) is 78.7 Å². The van der Waals surface area contributed by atoms with Gasteiger partial charge in [-0.3, -0.25) is 4.79 Å². The van der Waals surface area contributed by atoms with Gasteiger partial charge in [-0.25, -0.2) is 0 Å². The predicted octanol–water partition coefficient (Wildman–Crippen LogP) is 12.3. The number of carbonyl (C=O) groups excluding carboxylic acids is 1. The molecular weight excluding hydrogens is 694 g/mol. The Kier molecular flexibility index (Phi) is 11.3. The molecule has 0 aromatic heterocycles. The maximum atomic E-state index is 14.6. The van der Waals surface area contributed by atoms with E-state index in [1.54, 1.807) is 19.1 Å². The van der Waals surface area contributed by atoms with Gasteiger partial charge in [-0.15, -0.1) is 0 Å². The second-order valence-corrected chi connectivity index (χ2v) is 13.2. The van der Waals surface area contributed by atoms with Gasteiger partial charge in [0.2, 0.25) is 5.41 Å². The van der Waals surface area contributed by atoms with Crippen molar-refractivity contribution in [3.8, 4) is 23.0 Å². The molecule has 0 amide bonds. The van der Waals surface area contributed by atoms with Crippen LogP contribution in [0.5, 0.6) is 23.0 Å². The van der Waals surface area contributed by atoms with Crippen LogP contribution in [0.4, 0.5) is 26.3 Å². The summed E-state index contributed by atoms with van der Waals surface area (Å²) < 4.78 is 106. The summed E-state index contributed by atoms with van der Waals surface area (Å²) in [4.78, 5) is 13.3. The molecule has 278 valence electrons. The number of alkyl halides is 6. The Labute approximate surface area is 305 Å². The van der Waals surface area contributed by atoms with Crippen LogP contribution in [-0.2, 0) is 11.0 Å². The van der Waals surface area contributed by atoms with Crippen molar-refractivity contribution in [2.45, 2.75) is 76.9 Å². The van der Waals surface area contributed by atoms with Crippen LogP contribution in [0.15, 0.2) is 121 Å². The molecule has 0 aliphatic carbocycles. The standard InChI is InChI=1S/C43H40F6O4/c1-6-29(4)51-35-24-16-33(17-25-35)41(42(44,45)46,43(47,48)49)34-18-26-37(27-19-34)52-36-22-12-31(13-23-36)39(50)30-10-14-32(15-11-30)40(5,7-2)53-38-20-8-28(3)9-21-38/h8-27,29H,6-7H2,1-5H3. The fourth-order valence-corrected chi connectivity index (χ4v) is 6.01. The zero-order valence-electron chi connectivity index (χ0n) is 29.9. The number of halogens is 6. The van der Waals surface area contributed by atoms with E-state index in [1.165, 1.54) is 24.3 Å². The van der Waals surface area contributed by atoms with Crippen molar-refractivity contribution in [1.29, 1.82) is 0 Å². The normalized spacial score (nSPS) is 13.9. The number of rotatable bonds is 13. The molecule has 0 heterocycles. The summed E-state index contributed by atoms with van der Waals surface area (Å²) in [5.41, 5.74) is -4.11. The van der Waals surface area contributed by atoms with E-state index in [2.05, 4.69) is 0 Å². The Morgan fingerprint density at radius 1 is 0.585 bits per heavy atom. The van der Waals surface area contributed by atoms with Gasteiger partial charge in [0.15, 0.2) is 5.78 Å². The predicted molar refractivity (Wildman–Crippen MR) is 192 cm³/mol. The minimum atomic E-state index is -5.74. The number of aryl methyl sites for hydroxylation is 1. The van der Waals surface area contributed by atoms with Crippen LogP contribution in [0.25, 0.3) is 0 Å². The van der Waals surface area contributed by atoms with Crippen molar-refractivity contribution in [1.82, 2.24) is 0 Å². The second kappa shape index (κ2) is 15.4. The van der Waals surface area contributed by atoms with Crippen molar-refractivity contribution in [2.24, 2.45) is 0 Å². The van der Waals surface area contributed by atoms with E-state index in [1.807, 2.05) is 64.1 Å². The highest BCUT2D eigenvalue weighted by atomic mass is 19.4. The van der Waals surface area contributed by atoms with E-state index in [9.17, 15) is 31.1 Å². The Morgan fingerprint density at radius 3 is 1.42 bits per heavy atom. The van der Waals surface area contributed by atoms with E-state index < -0.39 is 34.5 Å². The first kappa shape index (κ1) is 39.0. The zero-order valence-corrected chi connectivity index (χ0v) is 29.9. The Balaban J connectivity index is 1.32. The van der Waals surface area contributed by atoms with E-state index in [-0.39, 0.29) is 29.1 Å². The third-order valence-electron chi connectivity index (χ3n) is 9.49. The van der Waals surface area contributed by atoms with Crippen LogP contribution in [0.3, 0.4) is 0 Å². The molecule has 5 aromatic rings. The van der Waals surface area contributed by atoms with Gasteiger partial charge in [0.25, 0.3) is 0 Å². The van der Waals surface area contributed by atoms with Crippen LogP contribution >= 0.6 is 0 Å². The minimum Gasteiger partial charge on any atom is -0.491 e. The fourth-order valence-electron chi connectivity index (χ4n) is 6.01. The summed E-state index contributed by atoms with van der Waals surface area (Å²) in [7, 11) is 0. The van der Waals surface area contributed by atoms with E-state index in [0.29, 0.717) is 24.0 Å². The average molecular weight is 735 g/mol. The average Bonchev–Trinajstić information content (AvgIpc) is 3.13. The number of ketones is 1. The molecular formula is C43H40F6O4. The topological polar surface area (TPSA) is 44.8 Å². The van der Waals surface area contributed by atoms with Gasteiger partial charge >= 0.3 is 12.4 Å². The zero-order chi connectivity index (χ0) is 38.6. The molecule has 4 nitrogen and oxygen atoms in total. The number of ether oxygens (including phenoxy) is 3. The van der Waals surface area contributed by atoms with Crippen molar-refractivity contribution < 1.29 is 45.3 Å². The summed E-state index contributed by atoms with van der Waals surface area (Å²) in [6.07, 6.45) is -10.5. The molecule has 10 heteroatoms. The molecule has 2 unspecified atom stereocenters. The highest BCUT2D eigenvalue weighted by molar-refractivity contribution is 6.09. The smallest absolute Gasteiger partial charge is 0.411 e. The Hall–Kier alpha value is -5.25. The Morgan fingerprint density at radius 2 is 0.981 bits per heavy atom. The first-order chi connectivity index (χ1) is 25.0. The molecule has 0 aliphatic heterocycles. The first-order valence-corrected chi connectivity index (χ1v) is 17.2. The van der Waals surface area contributed by atoms with Gasteiger partial charge in [-0.2, -0.15) is 26.3 Å². The summed E-state index contributed by atoms with van der Waals surface area (Å²) in [6, 6.07) is 28.5. The highest BCUT2D eigenvalue weighted by Crippen LogP contribution is 2.56. The lowest BCUT2D eigenvalue weighted by atomic mass is 9.73. The van der Waals surface area contributed by atoms with Gasteiger partial charge < -0.3 is 14.2 Å². The monoisotopic (exact) mass is 734 g/mol. The van der Waals surface area contributed by atoms with Gasteiger partial charge in [-0.1, -0.05) is 80.1 Å². The van der Waals surface area contributed by atoms with Gasteiger partial charge in [-0.05, 0) is 111 Å². The highest BCUT2D eigenvalue weighted by Gasteiger charge is 2.72. The van der Waals surface area contributed by atoms with Crippen LogP contribution in [0.2, 0.25) is 0 Å². The molecule has 0 saturated heterocycles. The molecule has 0 aliphatic rings. The second-order valence-electron chi connectivity index (χ2n) is 13.2. The lowest BCUT2D eigenvalue weighted by Gasteiger charge is -2.38. The first-order valence-electron chi connectivity index (χ1n) is 17.2. The van der Waals surface area contributed by atoms with E-state index in [4.69, 9.17) is 14.2 Å². The molecule has 5 rings (SSSR count). The van der Waals surface area contributed by atoms with Crippen LogP contribution < -0.4 is 14.2 Å². The quantitative estimate of drug-likeness (QED) is 0.0892. The molecule has 0 bridgehead atoms. The molecule has 0 saturated carbocycles. The van der Waals surface area contributed by atoms with Crippen molar-refractivity contribution in [3.05, 3.63) is 155 Å². The summed E-state index contributed by atoms with van der Waals surface area (Å²) in [5.74, 6) is 0.885. The van der Waals surface area contributed by atoms with Crippen molar-refractivity contribution in [2.75, 3.05) is 0 Å². The van der Waals surface area contributed by atoms with Crippen LogP contribution in [-0.4, -0.2) is 24.2 Å². The summed E-state index contributed by atoms with van der Waals surface area (Å²) in [6.45, 7) is 9.60. The van der Waals surface area contributed by atoms with Crippen molar-refractivity contribution >= 4 is 5.78 Å². The maximum Gasteiger partial charge on any atom is 0.411 e. The van der Waals surface area contributed by atoms with E-state index >= 15 is 0 Å². The number of carbonyl (C=O) groups is 1. The maximum absolute atomic E-state index is 14.6. The lowest BCUT2D eigenvalue weighted by molar-refractivity contribution is -0.288. The molecule has 2 atom stereocenters. The number of hydrogen-bond donors (Lipinski definition) is 0. The molecule has 5 aromatic carbocycles. The molecule has 0 fully saturated rings. The van der Waals surface area contributed by atoms with Gasteiger partial charge in [0, 0.05) is 11.1 Å². The molecule has 0 N–H and O–H groups in total. The van der Waals surface area contributed by atoms with Gasteiger partial charge in [0.05, 0.1) is 6.10 Å². The van der Waals surface area contributed by atoms with Crippen molar-refractivity contribution in [3.63, 3.8) is 0 Å². The molecule has 53 heavy (non-hydrogen) atoms. The number of hydrogen-bond acceptors (Lipinski definition) is 4. The third-order valence-corrected chi connectivity index (χ3v) is 9.49. The Bertz CT molecular complexity index is 1950. The van der Waals surface area contributed by atoms with Gasteiger partial charge in [0.1, 0.15) is 28.6 Å². The molecule has 0 spiro atoms. The number of benzene rings is 5. The van der Waals surface area contributed by atoms with Crippen LogP contribution in [0, 0.1) is 6.92 Å². The summed E-state index contributed by atoms with van der Waals surface area (Å²) in [5, 5.41) is 0. The third kappa shape index (κ3) is 8.22. The SMILES string of the molecule is CCC(C)Oc1ccc(C(c2ccc(Oc3ccc(C(=O)c4ccc(C(C)(CC)Oc5ccc(C)cc5)cc4)cc3)cc2)(C(F)(F)F)C(F)(F)F)cc1. The minimum absolute atomic E-state index is 0.00537. The van der Waals surface area contributed by atoms with E-state index in [0.717, 1.165) is 65.4 Å². The lowest BCUT2D eigenvalue weighted by Crippen LogP contribution is -2.54. The summed E-state index contributed by atoms with van der Waals surface area (Å²) >= 11 is 0. The molecule has 0 radical (unpaired) electrons. The fraction of sp³-hybridized carbons (Fsp3) is 0.279.